The summed E-state index contributed by atoms with van der Waals surface area (Å²) in [6.45, 7) is 6.30. The number of esters is 2. The van der Waals surface area contributed by atoms with Gasteiger partial charge in [0.1, 0.15) is 20.1 Å². The Balaban J connectivity index is 3.28. The highest BCUT2D eigenvalue weighted by molar-refractivity contribution is 9.10. The van der Waals surface area contributed by atoms with Gasteiger partial charge in [-0.15, -0.1) is 0 Å². The van der Waals surface area contributed by atoms with E-state index in [9.17, 15) is 19.2 Å². The standard InChI is InChI=1S/C16H16Br2O6/c1-15(2,17)13(21)23-11-5-10(8-20)12(6-9(11)7-19)24-14(22)16(3,4)18/h5-8H,1-4H3. The molecule has 0 aromatic heterocycles. The van der Waals surface area contributed by atoms with Crippen LogP contribution in [0.4, 0.5) is 0 Å². The predicted molar refractivity (Wildman–Crippen MR) is 94.5 cm³/mol. The van der Waals surface area contributed by atoms with E-state index < -0.39 is 20.6 Å². The molecule has 0 aliphatic rings. The van der Waals surface area contributed by atoms with Gasteiger partial charge in [-0.2, -0.15) is 0 Å². The molecular weight excluding hydrogens is 448 g/mol. The highest BCUT2D eigenvalue weighted by Crippen LogP contribution is 2.30. The minimum absolute atomic E-state index is 0.0270. The van der Waals surface area contributed by atoms with Gasteiger partial charge in [0, 0.05) is 0 Å². The Bertz CT molecular complexity index is 623. The van der Waals surface area contributed by atoms with E-state index in [1.165, 1.54) is 12.1 Å². The van der Waals surface area contributed by atoms with Crippen LogP contribution in [0.5, 0.6) is 11.5 Å². The molecule has 0 amide bonds. The Hall–Kier alpha value is -1.54. The van der Waals surface area contributed by atoms with Crippen molar-refractivity contribution in [3.8, 4) is 11.5 Å². The molecule has 0 atom stereocenters. The Kier molecular flexibility index (Phi) is 6.46. The Morgan fingerprint density at radius 1 is 0.833 bits per heavy atom. The molecule has 1 rings (SSSR count). The van der Waals surface area contributed by atoms with Crippen LogP contribution in [0.1, 0.15) is 48.4 Å². The molecule has 0 aliphatic heterocycles. The maximum absolute atomic E-state index is 11.9. The number of hydrogen-bond acceptors (Lipinski definition) is 6. The zero-order valence-corrected chi connectivity index (χ0v) is 16.7. The van der Waals surface area contributed by atoms with Crippen molar-refractivity contribution in [3.63, 3.8) is 0 Å². The van der Waals surface area contributed by atoms with Crippen LogP contribution in [0.3, 0.4) is 0 Å². The molecule has 0 aliphatic carbocycles. The van der Waals surface area contributed by atoms with Gasteiger partial charge in [0.25, 0.3) is 0 Å². The molecular formula is C16H16Br2O6. The van der Waals surface area contributed by atoms with E-state index in [0.29, 0.717) is 12.6 Å². The number of rotatable bonds is 6. The summed E-state index contributed by atoms with van der Waals surface area (Å²) in [5.74, 6) is -1.48. The number of hydrogen-bond donors (Lipinski definition) is 0. The fraction of sp³-hybridized carbons (Fsp3) is 0.375. The lowest BCUT2D eigenvalue weighted by Gasteiger charge is -2.18. The summed E-state index contributed by atoms with van der Waals surface area (Å²) >= 11 is 6.29. The van der Waals surface area contributed by atoms with Crippen molar-refractivity contribution in [1.82, 2.24) is 0 Å². The van der Waals surface area contributed by atoms with Crippen molar-refractivity contribution in [3.05, 3.63) is 23.3 Å². The van der Waals surface area contributed by atoms with Gasteiger partial charge in [-0.3, -0.25) is 19.2 Å². The van der Waals surface area contributed by atoms with Gasteiger partial charge in [0.05, 0.1) is 11.1 Å². The molecule has 0 heterocycles. The first kappa shape index (κ1) is 20.5. The minimum atomic E-state index is -0.973. The molecule has 0 N–H and O–H groups in total. The summed E-state index contributed by atoms with van der Waals surface area (Å²) in [5, 5.41) is 0. The third-order valence-electron chi connectivity index (χ3n) is 2.77. The second kappa shape index (κ2) is 7.57. The second-order valence-electron chi connectivity index (χ2n) is 5.89. The maximum Gasteiger partial charge on any atom is 0.327 e. The van der Waals surface area contributed by atoms with Crippen LogP contribution < -0.4 is 9.47 Å². The number of benzene rings is 1. The van der Waals surface area contributed by atoms with Crippen LogP contribution in [0.15, 0.2) is 12.1 Å². The van der Waals surface area contributed by atoms with Crippen molar-refractivity contribution >= 4 is 56.4 Å². The van der Waals surface area contributed by atoms with Gasteiger partial charge in [-0.25, -0.2) is 0 Å². The SMILES string of the molecule is CC(C)(Br)C(=O)Oc1cc(C=O)c(OC(=O)C(C)(C)Br)cc1C=O. The largest absolute Gasteiger partial charge is 0.425 e. The van der Waals surface area contributed by atoms with Gasteiger partial charge in [-0.05, 0) is 39.8 Å². The normalized spacial score (nSPS) is 11.6. The topological polar surface area (TPSA) is 86.7 Å². The summed E-state index contributed by atoms with van der Waals surface area (Å²) in [6, 6.07) is 2.36. The predicted octanol–water partition coefficient (Wildman–Crippen LogP) is 3.47. The fourth-order valence-electron chi connectivity index (χ4n) is 1.39. The molecule has 0 saturated carbocycles. The van der Waals surface area contributed by atoms with Crippen LogP contribution in [0.2, 0.25) is 0 Å². The van der Waals surface area contributed by atoms with Crippen LogP contribution in [-0.2, 0) is 9.59 Å². The van der Waals surface area contributed by atoms with E-state index in [-0.39, 0.29) is 22.6 Å². The zero-order chi connectivity index (χ0) is 18.7. The minimum Gasteiger partial charge on any atom is -0.425 e. The quantitative estimate of drug-likeness (QED) is 0.278. The van der Waals surface area contributed by atoms with Gasteiger partial charge in [0.2, 0.25) is 0 Å². The van der Waals surface area contributed by atoms with Crippen LogP contribution in [0, 0.1) is 0 Å². The molecule has 130 valence electrons. The van der Waals surface area contributed by atoms with E-state index >= 15 is 0 Å². The first-order valence-electron chi connectivity index (χ1n) is 6.81. The molecule has 0 bridgehead atoms. The van der Waals surface area contributed by atoms with Crippen molar-refractivity contribution < 1.29 is 28.7 Å². The average molecular weight is 464 g/mol. The lowest BCUT2D eigenvalue weighted by atomic mass is 10.1. The maximum atomic E-state index is 11.9. The van der Waals surface area contributed by atoms with E-state index in [1.807, 2.05) is 0 Å². The van der Waals surface area contributed by atoms with Crippen molar-refractivity contribution in [2.24, 2.45) is 0 Å². The summed E-state index contributed by atoms with van der Waals surface area (Å²) in [4.78, 5) is 46.4. The van der Waals surface area contributed by atoms with Crippen LogP contribution >= 0.6 is 31.9 Å². The zero-order valence-electron chi connectivity index (χ0n) is 13.5. The number of carbonyl (C=O) groups is 4. The third kappa shape index (κ3) is 5.24. The second-order valence-corrected chi connectivity index (χ2v) is 9.85. The first-order valence-corrected chi connectivity index (χ1v) is 8.39. The summed E-state index contributed by atoms with van der Waals surface area (Å²) in [5.41, 5.74) is -0.0539. The van der Waals surface area contributed by atoms with E-state index in [1.54, 1.807) is 27.7 Å². The number of alkyl halides is 2. The fourth-order valence-corrected chi connectivity index (χ4v) is 1.56. The molecule has 0 spiro atoms. The van der Waals surface area contributed by atoms with Crippen molar-refractivity contribution in [2.75, 3.05) is 0 Å². The average Bonchev–Trinajstić information content (AvgIpc) is 2.45. The number of aldehydes is 2. The Morgan fingerprint density at radius 3 is 1.33 bits per heavy atom. The molecule has 0 saturated heterocycles. The van der Waals surface area contributed by atoms with Gasteiger partial charge < -0.3 is 9.47 Å². The Morgan fingerprint density at radius 2 is 1.12 bits per heavy atom. The molecule has 0 fully saturated rings. The number of ether oxygens (including phenoxy) is 2. The third-order valence-corrected chi connectivity index (χ3v) is 3.42. The number of halogens is 2. The smallest absolute Gasteiger partial charge is 0.327 e. The van der Waals surface area contributed by atoms with E-state index in [0.717, 1.165) is 0 Å². The Labute approximate surface area is 156 Å². The molecule has 1 aromatic carbocycles. The monoisotopic (exact) mass is 462 g/mol. The molecule has 1 aromatic rings. The summed E-state index contributed by atoms with van der Waals surface area (Å²) in [6.07, 6.45) is 0.879. The van der Waals surface area contributed by atoms with Gasteiger partial charge >= 0.3 is 11.9 Å². The summed E-state index contributed by atoms with van der Waals surface area (Å²) < 4.78 is 8.34. The van der Waals surface area contributed by atoms with Crippen LogP contribution in [-0.4, -0.2) is 33.2 Å². The van der Waals surface area contributed by atoms with E-state index in [2.05, 4.69) is 31.9 Å². The lowest BCUT2D eigenvalue weighted by Crippen LogP contribution is -2.30. The first-order chi connectivity index (χ1) is 10.9. The number of carbonyl (C=O) groups excluding carboxylic acids is 4. The molecule has 8 heteroatoms. The highest BCUT2D eigenvalue weighted by atomic mass is 79.9. The van der Waals surface area contributed by atoms with Crippen molar-refractivity contribution in [1.29, 1.82) is 0 Å². The molecule has 24 heavy (non-hydrogen) atoms. The molecule has 0 radical (unpaired) electrons. The van der Waals surface area contributed by atoms with Crippen LogP contribution in [0.25, 0.3) is 0 Å². The van der Waals surface area contributed by atoms with E-state index in [4.69, 9.17) is 9.47 Å². The molecule has 0 unspecified atom stereocenters. The summed E-state index contributed by atoms with van der Waals surface area (Å²) in [7, 11) is 0. The molecule has 6 nitrogen and oxygen atoms in total. The van der Waals surface area contributed by atoms with Gasteiger partial charge in [0.15, 0.2) is 12.6 Å². The van der Waals surface area contributed by atoms with Gasteiger partial charge in [-0.1, -0.05) is 31.9 Å². The lowest BCUT2D eigenvalue weighted by molar-refractivity contribution is -0.137. The van der Waals surface area contributed by atoms with Crippen molar-refractivity contribution in [2.45, 2.75) is 36.3 Å². The highest BCUT2D eigenvalue weighted by Gasteiger charge is 2.29.